The zero-order valence-electron chi connectivity index (χ0n) is 13.1. The van der Waals surface area contributed by atoms with Gasteiger partial charge < -0.3 is 4.90 Å². The Morgan fingerprint density at radius 3 is 2.62 bits per heavy atom. The molecule has 1 aromatic rings. The van der Waals surface area contributed by atoms with Crippen molar-refractivity contribution in [3.63, 3.8) is 0 Å². The fourth-order valence-electron chi connectivity index (χ4n) is 5.70. The summed E-state index contributed by atoms with van der Waals surface area (Å²) in [6.07, 6.45) is 4.77. The summed E-state index contributed by atoms with van der Waals surface area (Å²) in [5.41, 5.74) is 2.03. The predicted molar refractivity (Wildman–Crippen MR) is 83.9 cm³/mol. The molecular formula is C19H25NO. The molecule has 112 valence electrons. The topological polar surface area (TPSA) is 20.3 Å². The van der Waals surface area contributed by atoms with Gasteiger partial charge in [0, 0.05) is 24.9 Å². The van der Waals surface area contributed by atoms with Crippen LogP contribution in [0.15, 0.2) is 30.3 Å². The lowest BCUT2D eigenvalue weighted by molar-refractivity contribution is -0.142. The third-order valence-electron chi connectivity index (χ3n) is 6.53. The van der Waals surface area contributed by atoms with Gasteiger partial charge in [-0.2, -0.15) is 0 Å². The summed E-state index contributed by atoms with van der Waals surface area (Å²) >= 11 is 0. The Labute approximate surface area is 127 Å². The molecule has 3 aliphatic carbocycles. The highest BCUT2D eigenvalue weighted by Crippen LogP contribution is 2.81. The van der Waals surface area contributed by atoms with E-state index in [4.69, 9.17) is 0 Å². The zero-order chi connectivity index (χ0) is 14.6. The lowest BCUT2D eigenvalue weighted by Gasteiger charge is -2.56. The molecule has 5 atom stereocenters. The van der Waals surface area contributed by atoms with Gasteiger partial charge in [0.15, 0.2) is 0 Å². The Hall–Kier alpha value is -1.31. The van der Waals surface area contributed by atoms with Gasteiger partial charge in [0.05, 0.1) is 0 Å². The number of nitrogens with zero attached hydrogens (tertiary/aromatic N) is 1. The molecule has 1 spiro atoms. The smallest absolute Gasteiger partial charge is 0.222 e. The first kappa shape index (κ1) is 13.4. The Bertz CT molecular complexity index is 554. The summed E-state index contributed by atoms with van der Waals surface area (Å²) in [5.74, 6) is 2.64. The number of hydrogen-bond acceptors (Lipinski definition) is 1. The van der Waals surface area contributed by atoms with Crippen LogP contribution in [0.3, 0.4) is 0 Å². The minimum atomic E-state index is 0.336. The second-order valence-electron chi connectivity index (χ2n) is 7.11. The molecule has 0 aliphatic heterocycles. The number of carbonyl (C=O) groups is 1. The first-order chi connectivity index (χ1) is 10.2. The molecule has 3 saturated carbocycles. The Balaban J connectivity index is 1.70. The van der Waals surface area contributed by atoms with Crippen molar-refractivity contribution < 1.29 is 4.79 Å². The van der Waals surface area contributed by atoms with Gasteiger partial charge in [-0.3, -0.25) is 4.79 Å². The maximum atomic E-state index is 12.4. The summed E-state index contributed by atoms with van der Waals surface area (Å²) in [5, 5.41) is 0. The molecule has 0 bridgehead atoms. The summed E-state index contributed by atoms with van der Waals surface area (Å²) in [6.45, 7) is 4.99. The fourth-order valence-corrected chi connectivity index (χ4v) is 5.70. The van der Waals surface area contributed by atoms with Crippen LogP contribution < -0.4 is 0 Å². The monoisotopic (exact) mass is 283 g/mol. The highest BCUT2D eigenvalue weighted by Gasteiger charge is 2.77. The van der Waals surface area contributed by atoms with Crippen LogP contribution in [-0.4, -0.2) is 23.4 Å². The van der Waals surface area contributed by atoms with Crippen molar-refractivity contribution in [2.75, 3.05) is 6.54 Å². The van der Waals surface area contributed by atoms with Crippen LogP contribution in [0.2, 0.25) is 0 Å². The van der Waals surface area contributed by atoms with Crippen LogP contribution >= 0.6 is 0 Å². The SMILES string of the molecule is CCC(=O)N(CC)C1C2CC[C@H]3CC23C1c1ccccc1. The average Bonchev–Trinajstić information content (AvgIpc) is 3.18. The van der Waals surface area contributed by atoms with E-state index in [-0.39, 0.29) is 0 Å². The van der Waals surface area contributed by atoms with Gasteiger partial charge in [0.25, 0.3) is 0 Å². The lowest BCUT2D eigenvalue weighted by Crippen LogP contribution is -2.60. The van der Waals surface area contributed by atoms with Crippen LogP contribution in [0.5, 0.6) is 0 Å². The van der Waals surface area contributed by atoms with Gasteiger partial charge in [0.1, 0.15) is 0 Å². The molecule has 2 heteroatoms. The minimum absolute atomic E-state index is 0.336. The summed E-state index contributed by atoms with van der Waals surface area (Å²) < 4.78 is 0. The van der Waals surface area contributed by atoms with Crippen LogP contribution in [0.25, 0.3) is 0 Å². The van der Waals surface area contributed by atoms with Gasteiger partial charge >= 0.3 is 0 Å². The molecule has 4 unspecified atom stereocenters. The third kappa shape index (κ3) is 1.62. The molecule has 0 heterocycles. The van der Waals surface area contributed by atoms with Crippen molar-refractivity contribution in [2.24, 2.45) is 17.3 Å². The maximum Gasteiger partial charge on any atom is 0.222 e. The fraction of sp³-hybridized carbons (Fsp3) is 0.632. The molecule has 3 fully saturated rings. The Morgan fingerprint density at radius 2 is 2.00 bits per heavy atom. The van der Waals surface area contributed by atoms with E-state index in [0.717, 1.165) is 18.4 Å². The Kier molecular flexibility index (Phi) is 2.92. The van der Waals surface area contributed by atoms with E-state index in [0.29, 0.717) is 29.7 Å². The number of likely N-dealkylation sites (N-methyl/N-ethyl adjacent to an activating group) is 1. The molecule has 0 aromatic heterocycles. The molecule has 1 aromatic carbocycles. The van der Waals surface area contributed by atoms with Crippen molar-refractivity contribution in [1.29, 1.82) is 0 Å². The van der Waals surface area contributed by atoms with E-state index in [2.05, 4.69) is 42.2 Å². The van der Waals surface area contributed by atoms with Crippen molar-refractivity contribution >= 4 is 5.91 Å². The molecular weight excluding hydrogens is 258 g/mol. The first-order valence-electron chi connectivity index (χ1n) is 8.58. The van der Waals surface area contributed by atoms with E-state index in [1.807, 2.05) is 6.92 Å². The number of amides is 1. The van der Waals surface area contributed by atoms with E-state index in [9.17, 15) is 4.79 Å². The van der Waals surface area contributed by atoms with Crippen LogP contribution in [0.4, 0.5) is 0 Å². The van der Waals surface area contributed by atoms with Gasteiger partial charge in [-0.05, 0) is 49.0 Å². The van der Waals surface area contributed by atoms with Crippen molar-refractivity contribution in [3.05, 3.63) is 35.9 Å². The molecule has 1 amide bonds. The molecule has 2 nitrogen and oxygen atoms in total. The van der Waals surface area contributed by atoms with E-state index in [1.54, 1.807) is 0 Å². The number of rotatable bonds is 4. The third-order valence-corrected chi connectivity index (χ3v) is 6.53. The molecule has 3 aliphatic rings. The summed E-state index contributed by atoms with van der Waals surface area (Å²) in [6, 6.07) is 11.4. The summed E-state index contributed by atoms with van der Waals surface area (Å²) in [4.78, 5) is 14.6. The molecule has 0 radical (unpaired) electrons. The lowest BCUT2D eigenvalue weighted by atomic mass is 9.55. The van der Waals surface area contributed by atoms with Gasteiger partial charge in [-0.15, -0.1) is 0 Å². The number of benzene rings is 1. The quantitative estimate of drug-likeness (QED) is 0.822. The molecule has 21 heavy (non-hydrogen) atoms. The van der Waals surface area contributed by atoms with Crippen LogP contribution in [0.1, 0.15) is 51.0 Å². The van der Waals surface area contributed by atoms with E-state index < -0.39 is 0 Å². The Morgan fingerprint density at radius 1 is 1.24 bits per heavy atom. The van der Waals surface area contributed by atoms with Crippen LogP contribution in [0, 0.1) is 17.3 Å². The number of hydrogen-bond donors (Lipinski definition) is 0. The highest BCUT2D eigenvalue weighted by molar-refractivity contribution is 5.76. The van der Waals surface area contributed by atoms with Crippen molar-refractivity contribution in [2.45, 2.75) is 51.5 Å². The van der Waals surface area contributed by atoms with Crippen LogP contribution in [-0.2, 0) is 4.79 Å². The van der Waals surface area contributed by atoms with Crippen molar-refractivity contribution in [1.82, 2.24) is 4.90 Å². The highest BCUT2D eigenvalue weighted by atomic mass is 16.2. The standard InChI is InChI=1S/C19H25NO/c1-3-16(21)20(4-2)18-15-11-10-14-12-19(14,15)17(18)13-8-6-5-7-9-13/h5-9,14-15,17-18H,3-4,10-12H2,1-2H3/t14-,15?,17?,18?,19?/m0/s1. The average molecular weight is 283 g/mol. The molecule has 0 saturated heterocycles. The second kappa shape index (κ2) is 4.59. The maximum absolute atomic E-state index is 12.4. The van der Waals surface area contributed by atoms with Gasteiger partial charge in [-0.1, -0.05) is 37.3 Å². The number of carbonyl (C=O) groups excluding carboxylic acids is 1. The molecule has 0 N–H and O–H groups in total. The van der Waals surface area contributed by atoms with Crippen molar-refractivity contribution in [3.8, 4) is 0 Å². The van der Waals surface area contributed by atoms with Gasteiger partial charge in [0.2, 0.25) is 5.91 Å². The minimum Gasteiger partial charge on any atom is -0.339 e. The normalized spacial score (nSPS) is 39.1. The first-order valence-corrected chi connectivity index (χ1v) is 8.58. The zero-order valence-corrected chi connectivity index (χ0v) is 13.1. The van der Waals surface area contributed by atoms with Gasteiger partial charge in [-0.25, -0.2) is 0 Å². The molecule has 4 rings (SSSR count). The largest absolute Gasteiger partial charge is 0.339 e. The second-order valence-corrected chi connectivity index (χ2v) is 7.11. The summed E-state index contributed by atoms with van der Waals surface area (Å²) in [7, 11) is 0. The van der Waals surface area contributed by atoms with E-state index in [1.165, 1.54) is 24.8 Å². The predicted octanol–water partition coefficient (Wildman–Crippen LogP) is 3.83. The van der Waals surface area contributed by atoms with E-state index >= 15 is 0 Å².